The summed E-state index contributed by atoms with van der Waals surface area (Å²) in [5.41, 5.74) is 2.79. The second-order valence-electron chi connectivity index (χ2n) is 6.85. The van der Waals surface area contributed by atoms with E-state index in [1.54, 1.807) is 0 Å². The van der Waals surface area contributed by atoms with Gasteiger partial charge < -0.3 is 10.1 Å². The molecule has 1 unspecified atom stereocenters. The third-order valence-corrected chi connectivity index (χ3v) is 6.30. The number of thioether (sulfide) groups is 1. The molecule has 0 aromatic heterocycles. The van der Waals surface area contributed by atoms with Crippen molar-refractivity contribution in [2.45, 2.75) is 37.0 Å². The summed E-state index contributed by atoms with van der Waals surface area (Å²) in [6.07, 6.45) is 7.08. The number of benzene rings is 2. The molecule has 0 saturated carbocycles. The van der Waals surface area contributed by atoms with Crippen molar-refractivity contribution in [1.82, 2.24) is 5.32 Å². The van der Waals surface area contributed by atoms with E-state index in [2.05, 4.69) is 66.0 Å². The van der Waals surface area contributed by atoms with Crippen LogP contribution in [0.4, 0.5) is 0 Å². The summed E-state index contributed by atoms with van der Waals surface area (Å²) in [6.45, 7) is 1.91. The molecule has 0 aliphatic carbocycles. The van der Waals surface area contributed by atoms with Crippen molar-refractivity contribution < 1.29 is 4.74 Å². The van der Waals surface area contributed by atoms with Crippen molar-refractivity contribution in [3.8, 4) is 5.75 Å². The van der Waals surface area contributed by atoms with Gasteiger partial charge in [-0.2, -0.15) is 0 Å². The number of allylic oxidation sites excluding steroid dienone is 2. The SMILES string of the molecule is C1=C(Cc2ccccc2)SC(c2ccc(OC[C@@H]3CCCN3)cc2)C1. The Labute approximate surface area is 154 Å². The zero-order valence-electron chi connectivity index (χ0n) is 14.5. The van der Waals surface area contributed by atoms with Crippen molar-refractivity contribution in [3.63, 3.8) is 0 Å². The first-order valence-electron chi connectivity index (χ1n) is 9.22. The van der Waals surface area contributed by atoms with Crippen LogP contribution in [-0.2, 0) is 6.42 Å². The minimum absolute atomic E-state index is 0.523. The van der Waals surface area contributed by atoms with E-state index in [0.717, 1.165) is 31.7 Å². The molecular formula is C22H25NOS. The Morgan fingerprint density at radius 1 is 1.04 bits per heavy atom. The molecule has 0 spiro atoms. The highest BCUT2D eigenvalue weighted by molar-refractivity contribution is 8.03. The Kier molecular flexibility index (Phi) is 5.43. The summed E-state index contributed by atoms with van der Waals surface area (Å²) < 4.78 is 5.93. The summed E-state index contributed by atoms with van der Waals surface area (Å²) in [5, 5.41) is 4.02. The summed E-state index contributed by atoms with van der Waals surface area (Å²) in [5.74, 6) is 0.984. The maximum atomic E-state index is 5.93. The van der Waals surface area contributed by atoms with Gasteiger partial charge in [0.05, 0.1) is 0 Å². The van der Waals surface area contributed by atoms with E-state index in [0.29, 0.717) is 11.3 Å². The van der Waals surface area contributed by atoms with Crippen LogP contribution in [0.2, 0.25) is 0 Å². The zero-order valence-corrected chi connectivity index (χ0v) is 15.3. The molecular weight excluding hydrogens is 326 g/mol. The van der Waals surface area contributed by atoms with E-state index in [1.165, 1.54) is 28.9 Å². The Bertz CT molecular complexity index is 705. The average Bonchev–Trinajstić information content (AvgIpc) is 3.33. The fourth-order valence-corrected chi connectivity index (χ4v) is 4.80. The molecule has 130 valence electrons. The van der Waals surface area contributed by atoms with E-state index in [4.69, 9.17) is 4.74 Å². The third kappa shape index (κ3) is 4.47. The quantitative estimate of drug-likeness (QED) is 0.780. The van der Waals surface area contributed by atoms with Crippen molar-refractivity contribution in [2.75, 3.05) is 13.2 Å². The predicted octanol–water partition coefficient (Wildman–Crippen LogP) is 5.12. The van der Waals surface area contributed by atoms with Crippen LogP contribution in [-0.4, -0.2) is 19.2 Å². The predicted molar refractivity (Wildman–Crippen MR) is 106 cm³/mol. The minimum Gasteiger partial charge on any atom is -0.492 e. The van der Waals surface area contributed by atoms with Gasteiger partial charge in [-0.05, 0) is 54.0 Å². The molecule has 1 fully saturated rings. The Balaban J connectivity index is 1.29. The lowest BCUT2D eigenvalue weighted by molar-refractivity contribution is 0.277. The maximum Gasteiger partial charge on any atom is 0.119 e. The number of ether oxygens (including phenoxy) is 1. The Morgan fingerprint density at radius 3 is 2.64 bits per heavy atom. The van der Waals surface area contributed by atoms with Gasteiger partial charge in [-0.15, -0.1) is 11.8 Å². The van der Waals surface area contributed by atoms with Crippen LogP contribution in [0.15, 0.2) is 65.6 Å². The first-order valence-corrected chi connectivity index (χ1v) is 10.1. The fraction of sp³-hybridized carbons (Fsp3) is 0.364. The van der Waals surface area contributed by atoms with Crippen molar-refractivity contribution >= 4 is 11.8 Å². The topological polar surface area (TPSA) is 21.3 Å². The third-order valence-electron chi connectivity index (χ3n) is 4.94. The molecule has 3 heteroatoms. The van der Waals surface area contributed by atoms with Crippen LogP contribution in [0.3, 0.4) is 0 Å². The first-order chi connectivity index (χ1) is 12.4. The molecule has 2 aliphatic rings. The molecule has 0 radical (unpaired) electrons. The summed E-state index contributed by atoms with van der Waals surface area (Å²) in [7, 11) is 0. The molecule has 0 amide bonds. The van der Waals surface area contributed by atoms with Gasteiger partial charge in [-0.3, -0.25) is 0 Å². The molecule has 2 atom stereocenters. The molecule has 25 heavy (non-hydrogen) atoms. The van der Waals surface area contributed by atoms with E-state index in [9.17, 15) is 0 Å². The van der Waals surface area contributed by atoms with E-state index >= 15 is 0 Å². The smallest absolute Gasteiger partial charge is 0.119 e. The summed E-state index contributed by atoms with van der Waals surface area (Å²) in [6, 6.07) is 20.0. The lowest BCUT2D eigenvalue weighted by Crippen LogP contribution is -2.28. The van der Waals surface area contributed by atoms with Gasteiger partial charge in [0.15, 0.2) is 0 Å². The van der Waals surface area contributed by atoms with Crippen molar-refractivity contribution in [1.29, 1.82) is 0 Å². The van der Waals surface area contributed by atoms with E-state index < -0.39 is 0 Å². The summed E-state index contributed by atoms with van der Waals surface area (Å²) in [4.78, 5) is 1.49. The maximum absolute atomic E-state index is 5.93. The van der Waals surface area contributed by atoms with Crippen LogP contribution >= 0.6 is 11.8 Å². The van der Waals surface area contributed by atoms with Gasteiger partial charge >= 0.3 is 0 Å². The van der Waals surface area contributed by atoms with Gasteiger partial charge in [0, 0.05) is 17.7 Å². The standard InChI is InChI=1S/C22H25NOS/c1-2-5-17(6-3-1)15-21-12-13-22(25-21)18-8-10-20(11-9-18)24-16-19-7-4-14-23-19/h1-3,5-6,8-12,19,22-23H,4,7,13-16H2/t19-,22?/m0/s1. The van der Waals surface area contributed by atoms with Crippen LogP contribution < -0.4 is 10.1 Å². The Hall–Kier alpha value is -1.71. The highest BCUT2D eigenvalue weighted by Crippen LogP contribution is 2.45. The molecule has 2 aromatic rings. The highest BCUT2D eigenvalue weighted by Gasteiger charge is 2.20. The van der Waals surface area contributed by atoms with Gasteiger partial charge in [0.2, 0.25) is 0 Å². The van der Waals surface area contributed by atoms with Crippen molar-refractivity contribution in [3.05, 3.63) is 76.7 Å². The van der Waals surface area contributed by atoms with Gasteiger partial charge in [-0.1, -0.05) is 48.5 Å². The molecule has 2 heterocycles. The normalized spacial score (nSPS) is 22.8. The van der Waals surface area contributed by atoms with Gasteiger partial charge in [-0.25, -0.2) is 0 Å². The second-order valence-corrected chi connectivity index (χ2v) is 8.18. The number of hydrogen-bond acceptors (Lipinski definition) is 3. The monoisotopic (exact) mass is 351 g/mol. The molecule has 2 aliphatic heterocycles. The van der Waals surface area contributed by atoms with Crippen molar-refractivity contribution in [2.24, 2.45) is 0 Å². The van der Waals surface area contributed by atoms with Crippen LogP contribution in [0, 0.1) is 0 Å². The first kappa shape index (κ1) is 16.7. The largest absolute Gasteiger partial charge is 0.492 e. The molecule has 2 nitrogen and oxygen atoms in total. The summed E-state index contributed by atoms with van der Waals surface area (Å²) >= 11 is 2.01. The zero-order chi connectivity index (χ0) is 16.9. The number of hydrogen-bond donors (Lipinski definition) is 1. The van der Waals surface area contributed by atoms with Crippen LogP contribution in [0.5, 0.6) is 5.75 Å². The van der Waals surface area contributed by atoms with Gasteiger partial charge in [0.25, 0.3) is 0 Å². The molecule has 0 bridgehead atoms. The highest BCUT2D eigenvalue weighted by atomic mass is 32.2. The molecule has 1 saturated heterocycles. The van der Waals surface area contributed by atoms with E-state index in [-0.39, 0.29) is 0 Å². The lowest BCUT2D eigenvalue weighted by atomic mass is 10.1. The molecule has 1 N–H and O–H groups in total. The van der Waals surface area contributed by atoms with Gasteiger partial charge in [0.1, 0.15) is 12.4 Å². The Morgan fingerprint density at radius 2 is 1.88 bits per heavy atom. The minimum atomic E-state index is 0.523. The average molecular weight is 352 g/mol. The lowest BCUT2D eigenvalue weighted by Gasteiger charge is -2.14. The fourth-order valence-electron chi connectivity index (χ4n) is 3.51. The second kappa shape index (κ2) is 8.11. The van der Waals surface area contributed by atoms with E-state index in [1.807, 2.05) is 11.8 Å². The number of rotatable bonds is 6. The molecule has 2 aromatic carbocycles. The van der Waals surface area contributed by atoms with Crippen LogP contribution in [0.25, 0.3) is 0 Å². The van der Waals surface area contributed by atoms with Crippen LogP contribution in [0.1, 0.15) is 35.6 Å². The number of nitrogens with one attached hydrogen (secondary N) is 1. The molecule has 4 rings (SSSR count).